The molecule has 0 saturated heterocycles. The van der Waals surface area contributed by atoms with Crippen LogP contribution in [0.15, 0.2) is 64.4 Å². The van der Waals surface area contributed by atoms with Gasteiger partial charge in [0, 0.05) is 0 Å². The first-order chi connectivity index (χ1) is 9.31. The Balaban J connectivity index is 2.46. The van der Waals surface area contributed by atoms with Crippen LogP contribution in [-0.4, -0.2) is 21.4 Å². The summed E-state index contributed by atoms with van der Waals surface area (Å²) >= 11 is 0. The van der Waals surface area contributed by atoms with Crippen molar-refractivity contribution in [3.05, 3.63) is 54.6 Å². The average Bonchev–Trinajstić information content (AvgIpc) is 2.39. The summed E-state index contributed by atoms with van der Waals surface area (Å²) in [6.07, 6.45) is 0. The van der Waals surface area contributed by atoms with Gasteiger partial charge in [-0.1, -0.05) is 30.3 Å². The average molecular weight is 313 g/mol. The molecule has 0 fully saturated rings. The number of para-hydroxylation sites is 1. The largest absolute Gasteiger partial charge is 0.296 e. The Morgan fingerprint density at radius 2 is 1.35 bits per heavy atom. The van der Waals surface area contributed by atoms with E-state index in [1.54, 1.807) is 18.2 Å². The van der Waals surface area contributed by atoms with Gasteiger partial charge < -0.3 is 0 Å². The van der Waals surface area contributed by atoms with Gasteiger partial charge in [0.2, 0.25) is 0 Å². The maximum Gasteiger partial charge on any atom is 0.296 e. The van der Waals surface area contributed by atoms with Gasteiger partial charge in [0.05, 0.1) is 10.6 Å². The van der Waals surface area contributed by atoms with Crippen LogP contribution in [0, 0.1) is 0 Å². The van der Waals surface area contributed by atoms with Crippen molar-refractivity contribution in [3.8, 4) is 0 Å². The molecule has 0 aliphatic carbocycles. The topological polar surface area (TPSA) is 101 Å². The summed E-state index contributed by atoms with van der Waals surface area (Å²) in [5, 5.41) is 0. The molecular formula is C12H11NO5S2. The van der Waals surface area contributed by atoms with Crippen molar-refractivity contribution in [2.24, 2.45) is 0 Å². The zero-order chi connectivity index (χ0) is 14.8. The van der Waals surface area contributed by atoms with Crippen LogP contribution in [0.3, 0.4) is 0 Å². The van der Waals surface area contributed by atoms with E-state index >= 15 is 0 Å². The minimum absolute atomic E-state index is 0.00913. The Morgan fingerprint density at radius 3 is 1.95 bits per heavy atom. The molecule has 0 heterocycles. The van der Waals surface area contributed by atoms with Crippen molar-refractivity contribution >= 4 is 25.8 Å². The lowest BCUT2D eigenvalue weighted by molar-refractivity contribution is 0.483. The Bertz CT molecular complexity index is 814. The highest BCUT2D eigenvalue weighted by atomic mass is 32.2. The van der Waals surface area contributed by atoms with E-state index in [1.165, 1.54) is 30.3 Å². The molecule has 106 valence electrons. The third-order valence-electron chi connectivity index (χ3n) is 2.46. The molecule has 2 N–H and O–H groups in total. The van der Waals surface area contributed by atoms with E-state index in [9.17, 15) is 16.8 Å². The summed E-state index contributed by atoms with van der Waals surface area (Å²) in [5.41, 5.74) is -0.209. The van der Waals surface area contributed by atoms with Gasteiger partial charge in [-0.3, -0.25) is 9.27 Å². The van der Waals surface area contributed by atoms with Crippen molar-refractivity contribution in [2.75, 3.05) is 4.72 Å². The van der Waals surface area contributed by atoms with E-state index in [-0.39, 0.29) is 10.6 Å². The first-order valence-corrected chi connectivity index (χ1v) is 8.37. The minimum atomic E-state index is -4.51. The molecule has 2 rings (SSSR count). The van der Waals surface area contributed by atoms with Gasteiger partial charge in [0.1, 0.15) is 4.90 Å². The number of anilines is 1. The van der Waals surface area contributed by atoms with Crippen molar-refractivity contribution in [2.45, 2.75) is 9.79 Å². The molecule has 0 atom stereocenters. The van der Waals surface area contributed by atoms with Crippen molar-refractivity contribution in [3.63, 3.8) is 0 Å². The second kappa shape index (κ2) is 5.23. The molecule has 0 bridgehead atoms. The van der Waals surface area contributed by atoms with Gasteiger partial charge in [0.15, 0.2) is 0 Å². The van der Waals surface area contributed by atoms with Crippen LogP contribution < -0.4 is 4.72 Å². The Kier molecular flexibility index (Phi) is 3.80. The second-order valence-corrected chi connectivity index (χ2v) is 6.96. The van der Waals surface area contributed by atoms with Crippen LogP contribution in [0.25, 0.3) is 0 Å². The number of hydrogen-bond acceptors (Lipinski definition) is 4. The highest BCUT2D eigenvalue weighted by molar-refractivity contribution is 7.93. The number of sulfonamides is 1. The molecule has 8 heteroatoms. The molecule has 6 nitrogen and oxygen atoms in total. The monoisotopic (exact) mass is 313 g/mol. The van der Waals surface area contributed by atoms with E-state index in [2.05, 4.69) is 4.72 Å². The zero-order valence-electron chi connectivity index (χ0n) is 10.1. The molecule has 2 aromatic carbocycles. The van der Waals surface area contributed by atoms with Crippen molar-refractivity contribution < 1.29 is 21.4 Å². The third-order valence-corrected chi connectivity index (χ3v) is 4.76. The Labute approximate surface area is 116 Å². The second-order valence-electron chi connectivity index (χ2n) is 3.89. The Hall–Kier alpha value is -1.90. The van der Waals surface area contributed by atoms with Crippen LogP contribution in [0.4, 0.5) is 5.69 Å². The van der Waals surface area contributed by atoms with Crippen LogP contribution in [0.1, 0.15) is 0 Å². The lowest BCUT2D eigenvalue weighted by Gasteiger charge is -2.10. The quantitative estimate of drug-likeness (QED) is 0.837. The summed E-state index contributed by atoms with van der Waals surface area (Å²) in [4.78, 5) is -0.510. The van der Waals surface area contributed by atoms with Crippen LogP contribution >= 0.6 is 0 Å². The molecule has 0 unspecified atom stereocenters. The van der Waals surface area contributed by atoms with E-state index in [1.807, 2.05) is 0 Å². The molecule has 0 aliphatic rings. The predicted molar refractivity (Wildman–Crippen MR) is 73.5 cm³/mol. The first-order valence-electron chi connectivity index (χ1n) is 5.45. The fraction of sp³-hybridized carbons (Fsp3) is 0. The molecule has 0 aliphatic heterocycles. The lowest BCUT2D eigenvalue weighted by Crippen LogP contribution is -2.15. The highest BCUT2D eigenvalue weighted by Crippen LogP contribution is 2.23. The molecule has 0 aromatic heterocycles. The van der Waals surface area contributed by atoms with Gasteiger partial charge in [-0.25, -0.2) is 8.42 Å². The van der Waals surface area contributed by atoms with Crippen molar-refractivity contribution in [1.82, 2.24) is 0 Å². The summed E-state index contributed by atoms with van der Waals surface area (Å²) in [6.45, 7) is 0. The van der Waals surface area contributed by atoms with Gasteiger partial charge in [-0.15, -0.1) is 0 Å². The maximum atomic E-state index is 12.1. The Morgan fingerprint density at radius 1 is 0.800 bits per heavy atom. The summed E-state index contributed by atoms with van der Waals surface area (Å²) in [6, 6.07) is 12.7. The highest BCUT2D eigenvalue weighted by Gasteiger charge is 2.20. The normalized spacial score (nSPS) is 12.1. The summed E-state index contributed by atoms with van der Waals surface area (Å²) < 4.78 is 57.8. The van der Waals surface area contributed by atoms with Gasteiger partial charge >= 0.3 is 0 Å². The standard InChI is InChI=1S/C12H11NO5S2/c14-19(15,10-6-2-1-3-7-10)13-11-8-4-5-9-12(11)20(16,17)18/h1-9,13H,(H,16,17,18). The fourth-order valence-corrected chi connectivity index (χ4v) is 3.39. The third kappa shape index (κ3) is 3.16. The molecule has 2 aromatic rings. The summed E-state index contributed by atoms with van der Waals surface area (Å²) in [7, 11) is -8.44. The van der Waals surface area contributed by atoms with E-state index in [4.69, 9.17) is 4.55 Å². The zero-order valence-corrected chi connectivity index (χ0v) is 11.7. The lowest BCUT2D eigenvalue weighted by atomic mass is 10.3. The van der Waals surface area contributed by atoms with Crippen LogP contribution in [0.5, 0.6) is 0 Å². The predicted octanol–water partition coefficient (Wildman–Crippen LogP) is 1.73. The van der Waals surface area contributed by atoms with Crippen molar-refractivity contribution in [1.29, 1.82) is 0 Å². The maximum absolute atomic E-state index is 12.1. The van der Waals surface area contributed by atoms with Gasteiger partial charge in [0.25, 0.3) is 20.1 Å². The number of rotatable bonds is 4. The number of hydrogen-bond donors (Lipinski definition) is 2. The molecule has 20 heavy (non-hydrogen) atoms. The minimum Gasteiger partial charge on any atom is -0.282 e. The van der Waals surface area contributed by atoms with E-state index in [0.29, 0.717) is 0 Å². The number of nitrogens with one attached hydrogen (secondary N) is 1. The first kappa shape index (κ1) is 14.5. The molecule has 0 spiro atoms. The van der Waals surface area contributed by atoms with Gasteiger partial charge in [-0.05, 0) is 24.3 Å². The van der Waals surface area contributed by atoms with Crippen LogP contribution in [-0.2, 0) is 20.1 Å². The molecule has 0 saturated carbocycles. The molecule has 0 amide bonds. The summed E-state index contributed by atoms with van der Waals surface area (Å²) in [5.74, 6) is 0. The van der Waals surface area contributed by atoms with Gasteiger partial charge in [-0.2, -0.15) is 8.42 Å². The van der Waals surface area contributed by atoms with E-state index in [0.717, 1.165) is 6.07 Å². The fourth-order valence-electron chi connectivity index (χ4n) is 1.58. The van der Waals surface area contributed by atoms with E-state index < -0.39 is 25.0 Å². The smallest absolute Gasteiger partial charge is 0.282 e. The molecule has 0 radical (unpaired) electrons. The van der Waals surface area contributed by atoms with Crippen LogP contribution in [0.2, 0.25) is 0 Å². The molecular weight excluding hydrogens is 302 g/mol. The SMILES string of the molecule is O=S(=O)(O)c1ccccc1NS(=O)(=O)c1ccccc1. The number of benzene rings is 2.